The molecule has 24 heavy (non-hydrogen) atoms. The molecule has 1 aliphatic rings. The highest BCUT2D eigenvalue weighted by molar-refractivity contribution is 6.30. The molecule has 3 heterocycles. The van der Waals surface area contributed by atoms with Crippen molar-refractivity contribution in [2.24, 2.45) is 0 Å². The predicted molar refractivity (Wildman–Crippen MR) is 84.6 cm³/mol. The first kappa shape index (κ1) is 16.6. The minimum atomic E-state index is -4.71. The van der Waals surface area contributed by atoms with Crippen molar-refractivity contribution in [2.45, 2.75) is 6.36 Å². The molecule has 5 nitrogen and oxygen atoms in total. The van der Waals surface area contributed by atoms with Crippen LogP contribution in [-0.4, -0.2) is 42.5 Å². The lowest BCUT2D eigenvalue weighted by Gasteiger charge is -2.36. The van der Waals surface area contributed by atoms with Gasteiger partial charge in [0.1, 0.15) is 17.4 Å². The van der Waals surface area contributed by atoms with E-state index in [-0.39, 0.29) is 5.75 Å². The Balaban J connectivity index is 1.59. The zero-order valence-electron chi connectivity index (χ0n) is 12.5. The molecule has 0 amide bonds. The Morgan fingerprint density at radius 3 is 1.83 bits per heavy atom. The summed E-state index contributed by atoms with van der Waals surface area (Å²) in [5.74, 6) is 1.14. The highest BCUT2D eigenvalue weighted by Gasteiger charge is 2.31. The van der Waals surface area contributed by atoms with E-state index < -0.39 is 6.36 Å². The van der Waals surface area contributed by atoms with Gasteiger partial charge < -0.3 is 14.5 Å². The largest absolute Gasteiger partial charge is 0.573 e. The van der Waals surface area contributed by atoms with Gasteiger partial charge in [-0.05, 0) is 24.3 Å². The highest BCUT2D eigenvalue weighted by Crippen LogP contribution is 2.24. The van der Waals surface area contributed by atoms with Crippen molar-refractivity contribution in [1.82, 2.24) is 9.97 Å². The van der Waals surface area contributed by atoms with Gasteiger partial charge in [0.25, 0.3) is 0 Å². The summed E-state index contributed by atoms with van der Waals surface area (Å²) in [5.41, 5.74) is 0. The van der Waals surface area contributed by atoms with Crippen molar-refractivity contribution in [3.8, 4) is 5.75 Å². The van der Waals surface area contributed by atoms with Crippen molar-refractivity contribution in [3.63, 3.8) is 0 Å². The quantitative estimate of drug-likeness (QED) is 0.841. The summed E-state index contributed by atoms with van der Waals surface area (Å²) in [7, 11) is 0. The molecule has 1 aliphatic heterocycles. The Bertz CT molecular complexity index is 671. The van der Waals surface area contributed by atoms with Crippen molar-refractivity contribution < 1.29 is 17.9 Å². The molecule has 0 radical (unpaired) electrons. The van der Waals surface area contributed by atoms with E-state index in [0.29, 0.717) is 23.9 Å². The van der Waals surface area contributed by atoms with Gasteiger partial charge in [-0.25, -0.2) is 9.97 Å². The van der Waals surface area contributed by atoms with Crippen LogP contribution >= 0.6 is 11.6 Å². The number of hydrogen-bond acceptors (Lipinski definition) is 5. The lowest BCUT2D eigenvalue weighted by Crippen LogP contribution is -2.47. The number of anilines is 2. The van der Waals surface area contributed by atoms with Crippen LogP contribution in [0.3, 0.4) is 0 Å². The first-order chi connectivity index (χ1) is 11.4. The van der Waals surface area contributed by atoms with Crippen molar-refractivity contribution >= 4 is 23.2 Å². The van der Waals surface area contributed by atoms with Crippen LogP contribution in [0.5, 0.6) is 5.75 Å². The van der Waals surface area contributed by atoms with Gasteiger partial charge in [-0.3, -0.25) is 0 Å². The normalized spacial score (nSPS) is 15.5. The number of hydrogen-bond donors (Lipinski definition) is 0. The summed E-state index contributed by atoms with van der Waals surface area (Å²) in [6.45, 7) is 2.85. The third kappa shape index (κ3) is 4.19. The van der Waals surface area contributed by atoms with Crippen LogP contribution in [0, 0.1) is 0 Å². The van der Waals surface area contributed by atoms with Gasteiger partial charge in [0.2, 0.25) is 0 Å². The molecule has 1 fully saturated rings. The number of rotatable bonds is 3. The second-order valence-corrected chi connectivity index (χ2v) is 5.65. The van der Waals surface area contributed by atoms with Crippen LogP contribution in [0.1, 0.15) is 0 Å². The molecule has 0 spiro atoms. The van der Waals surface area contributed by atoms with Gasteiger partial charge in [0.05, 0.1) is 11.2 Å². The first-order valence-electron chi connectivity index (χ1n) is 7.24. The number of halogens is 4. The third-order valence-electron chi connectivity index (χ3n) is 3.59. The van der Waals surface area contributed by atoms with Crippen molar-refractivity contribution in [2.75, 3.05) is 36.0 Å². The smallest absolute Gasteiger partial charge is 0.404 e. The van der Waals surface area contributed by atoms with Gasteiger partial charge in [-0.2, -0.15) is 0 Å². The zero-order chi connectivity index (χ0) is 17.2. The van der Waals surface area contributed by atoms with Crippen molar-refractivity contribution in [3.05, 3.63) is 41.7 Å². The average Bonchev–Trinajstić information content (AvgIpc) is 2.55. The molecule has 0 bridgehead atoms. The molecule has 2 aromatic rings. The van der Waals surface area contributed by atoms with Crippen LogP contribution in [0.15, 0.2) is 36.7 Å². The number of piperazine rings is 1. The molecule has 9 heteroatoms. The minimum absolute atomic E-state index is 0.324. The molecule has 0 aromatic carbocycles. The van der Waals surface area contributed by atoms with E-state index in [1.165, 1.54) is 12.1 Å². The van der Waals surface area contributed by atoms with Gasteiger partial charge in [-0.1, -0.05) is 11.6 Å². The fourth-order valence-corrected chi connectivity index (χ4v) is 2.59. The van der Waals surface area contributed by atoms with Crippen LogP contribution in [0.4, 0.5) is 24.8 Å². The maximum atomic E-state index is 12.1. The zero-order valence-corrected chi connectivity index (χ0v) is 13.3. The number of aromatic nitrogens is 2. The van der Waals surface area contributed by atoms with E-state index in [1.807, 2.05) is 11.0 Å². The summed E-state index contributed by atoms with van der Waals surface area (Å²) < 4.78 is 40.3. The molecule has 0 saturated carbocycles. The van der Waals surface area contributed by atoms with Gasteiger partial charge in [0, 0.05) is 32.4 Å². The Hall–Kier alpha value is -2.22. The number of ether oxygens (including phenoxy) is 1. The molecule has 0 aliphatic carbocycles. The molecule has 2 aromatic heterocycles. The maximum absolute atomic E-state index is 12.1. The number of nitrogens with zero attached hydrogens (tertiary/aromatic N) is 4. The molecule has 128 valence electrons. The average molecular weight is 359 g/mol. The molecule has 1 saturated heterocycles. The topological polar surface area (TPSA) is 41.5 Å². The van der Waals surface area contributed by atoms with E-state index in [1.54, 1.807) is 12.3 Å². The standard InChI is InChI=1S/C15H14ClF3N4O/c16-11-1-3-13(20-9-11)22-5-7-23(8-6-22)14-4-2-12(10-21-14)24-15(17,18)19/h1-4,9-10H,5-8H2. The number of alkyl halides is 3. The second-order valence-electron chi connectivity index (χ2n) is 5.21. The highest BCUT2D eigenvalue weighted by atomic mass is 35.5. The van der Waals surface area contributed by atoms with E-state index in [2.05, 4.69) is 19.6 Å². The Labute approximate surface area is 141 Å². The molecule has 0 unspecified atom stereocenters. The Morgan fingerprint density at radius 2 is 1.42 bits per heavy atom. The van der Waals surface area contributed by atoms with Crippen LogP contribution < -0.4 is 14.5 Å². The van der Waals surface area contributed by atoms with E-state index >= 15 is 0 Å². The summed E-state index contributed by atoms with van der Waals surface area (Å²) in [5, 5.41) is 0.586. The number of pyridine rings is 2. The van der Waals surface area contributed by atoms with E-state index in [0.717, 1.165) is 25.1 Å². The molecule has 0 atom stereocenters. The fraction of sp³-hybridized carbons (Fsp3) is 0.333. The molecule has 3 rings (SSSR count). The maximum Gasteiger partial charge on any atom is 0.573 e. The Kier molecular flexibility index (Phi) is 4.66. The van der Waals surface area contributed by atoms with Crippen molar-refractivity contribution in [1.29, 1.82) is 0 Å². The molecule has 0 N–H and O–H groups in total. The predicted octanol–water partition coefficient (Wildman–Crippen LogP) is 3.36. The monoisotopic (exact) mass is 358 g/mol. The van der Waals surface area contributed by atoms with Gasteiger partial charge in [-0.15, -0.1) is 13.2 Å². The van der Waals surface area contributed by atoms with Crippen LogP contribution in [-0.2, 0) is 0 Å². The fourth-order valence-electron chi connectivity index (χ4n) is 2.47. The first-order valence-corrected chi connectivity index (χ1v) is 7.62. The summed E-state index contributed by atoms with van der Waals surface area (Å²) in [6.07, 6.45) is -2.03. The third-order valence-corrected chi connectivity index (χ3v) is 3.82. The van der Waals surface area contributed by atoms with Gasteiger partial charge >= 0.3 is 6.36 Å². The SMILES string of the molecule is FC(F)(F)Oc1ccc(N2CCN(c3ccc(Cl)cn3)CC2)nc1. The van der Waals surface area contributed by atoms with E-state index in [9.17, 15) is 13.2 Å². The van der Waals surface area contributed by atoms with E-state index in [4.69, 9.17) is 11.6 Å². The summed E-state index contributed by atoms with van der Waals surface area (Å²) >= 11 is 5.83. The summed E-state index contributed by atoms with van der Waals surface area (Å²) in [4.78, 5) is 12.5. The molecular weight excluding hydrogens is 345 g/mol. The minimum Gasteiger partial charge on any atom is -0.404 e. The Morgan fingerprint density at radius 1 is 0.875 bits per heavy atom. The summed E-state index contributed by atoms with van der Waals surface area (Å²) in [6, 6.07) is 6.44. The lowest BCUT2D eigenvalue weighted by atomic mass is 10.3. The van der Waals surface area contributed by atoms with Crippen LogP contribution in [0.25, 0.3) is 0 Å². The lowest BCUT2D eigenvalue weighted by molar-refractivity contribution is -0.274. The van der Waals surface area contributed by atoms with Crippen LogP contribution in [0.2, 0.25) is 5.02 Å². The second kappa shape index (κ2) is 6.72. The van der Waals surface area contributed by atoms with Gasteiger partial charge in [0.15, 0.2) is 0 Å². The molecular formula is C15H14ClF3N4O.